The Morgan fingerprint density at radius 3 is 0.808 bits per heavy atom. The van der Waals surface area contributed by atoms with E-state index in [-0.39, 0.29) is 11.9 Å². The summed E-state index contributed by atoms with van der Waals surface area (Å²) in [4.78, 5) is 24.2. The molecule has 0 saturated heterocycles. The molecule has 0 atom stereocenters. The minimum atomic E-state index is -0.294. The van der Waals surface area contributed by atoms with Crippen molar-refractivity contribution in [3.8, 4) is 0 Å². The molecule has 0 bridgehead atoms. The van der Waals surface area contributed by atoms with E-state index in [2.05, 4.69) is 13.8 Å². The van der Waals surface area contributed by atoms with Gasteiger partial charge < -0.3 is 9.47 Å². The van der Waals surface area contributed by atoms with Crippen LogP contribution in [0.1, 0.15) is 230 Å². The van der Waals surface area contributed by atoms with Gasteiger partial charge in [-0.3, -0.25) is 0 Å². The van der Waals surface area contributed by atoms with E-state index in [9.17, 15) is 9.59 Å². The van der Waals surface area contributed by atoms with Crippen molar-refractivity contribution >= 4 is 24.1 Å². The maximum atomic E-state index is 12.1. The highest BCUT2D eigenvalue weighted by Crippen LogP contribution is 2.16. The highest BCUT2D eigenvalue weighted by atomic mass is 16.5. The minimum absolute atomic E-state index is 0.294. The van der Waals surface area contributed by atoms with Crippen LogP contribution in [-0.2, 0) is 19.1 Å². The Kier molecular flexibility index (Phi) is 35.2. The number of benzene rings is 1. The number of ether oxygens (including phenoxy) is 2. The van der Waals surface area contributed by atoms with Gasteiger partial charge in [0.2, 0.25) is 0 Å². The fraction of sp³-hybridized carbons (Fsp3) is 0.750. The number of carbonyl (C=O) groups is 2. The summed E-state index contributed by atoms with van der Waals surface area (Å²) in [7, 11) is 0. The highest BCUT2D eigenvalue weighted by Gasteiger charge is 2.01. The van der Waals surface area contributed by atoms with Crippen LogP contribution < -0.4 is 0 Å². The van der Waals surface area contributed by atoms with Crippen molar-refractivity contribution in [2.45, 2.75) is 219 Å². The van der Waals surface area contributed by atoms with Crippen LogP contribution in [0.15, 0.2) is 36.4 Å². The van der Waals surface area contributed by atoms with E-state index in [1.165, 1.54) is 192 Å². The fourth-order valence-electron chi connectivity index (χ4n) is 6.79. The lowest BCUT2D eigenvalue weighted by Gasteiger charge is -2.04. The van der Waals surface area contributed by atoms with E-state index >= 15 is 0 Å². The lowest BCUT2D eigenvalue weighted by atomic mass is 10.0. The molecule has 4 heteroatoms. The number of rotatable bonds is 38. The molecule has 0 aliphatic rings. The van der Waals surface area contributed by atoms with E-state index in [0.29, 0.717) is 13.2 Å². The molecule has 0 heterocycles. The summed E-state index contributed by atoms with van der Waals surface area (Å²) < 4.78 is 10.8. The fourth-order valence-corrected chi connectivity index (χ4v) is 6.79. The van der Waals surface area contributed by atoms with Crippen LogP contribution >= 0.6 is 0 Å². The predicted octanol–water partition coefficient (Wildman–Crippen LogP) is 15.3. The molecule has 0 spiro atoms. The van der Waals surface area contributed by atoms with E-state index in [1.54, 1.807) is 12.2 Å². The van der Waals surface area contributed by atoms with Gasteiger partial charge >= 0.3 is 11.9 Å². The lowest BCUT2D eigenvalue weighted by molar-refractivity contribution is -0.138. The topological polar surface area (TPSA) is 52.6 Å². The smallest absolute Gasteiger partial charge is 0.330 e. The van der Waals surface area contributed by atoms with Gasteiger partial charge in [-0.1, -0.05) is 231 Å². The largest absolute Gasteiger partial charge is 0.463 e. The third-order valence-electron chi connectivity index (χ3n) is 10.2. The third-order valence-corrected chi connectivity index (χ3v) is 10.2. The summed E-state index contributed by atoms with van der Waals surface area (Å²) in [5, 5.41) is 0. The molecule has 0 radical (unpaired) electrons. The molecule has 0 N–H and O–H groups in total. The van der Waals surface area contributed by atoms with Gasteiger partial charge in [0.1, 0.15) is 0 Å². The highest BCUT2D eigenvalue weighted by molar-refractivity contribution is 5.88. The Balaban J connectivity index is 1.94. The van der Waals surface area contributed by atoms with Crippen LogP contribution in [-0.4, -0.2) is 25.2 Å². The van der Waals surface area contributed by atoms with Crippen LogP contribution in [0.4, 0.5) is 0 Å². The molecule has 298 valence electrons. The van der Waals surface area contributed by atoms with Crippen molar-refractivity contribution in [3.63, 3.8) is 0 Å². The monoisotopic (exact) mass is 723 g/mol. The summed E-state index contributed by atoms with van der Waals surface area (Å²) in [6.07, 6.45) is 49.2. The predicted molar refractivity (Wildman–Crippen MR) is 226 cm³/mol. The first-order chi connectivity index (χ1) is 25.7. The molecule has 0 aliphatic carbocycles. The van der Waals surface area contributed by atoms with Crippen LogP contribution in [0.3, 0.4) is 0 Å². The van der Waals surface area contributed by atoms with E-state index in [1.807, 2.05) is 24.3 Å². The summed E-state index contributed by atoms with van der Waals surface area (Å²) in [6.45, 7) is 5.54. The Bertz CT molecular complexity index is 900. The average molecular weight is 723 g/mol. The quantitative estimate of drug-likeness (QED) is 0.0387. The van der Waals surface area contributed by atoms with E-state index in [0.717, 1.165) is 36.8 Å². The van der Waals surface area contributed by atoms with Crippen molar-refractivity contribution in [1.29, 1.82) is 0 Å². The first-order valence-electron chi connectivity index (χ1n) is 22.5. The molecule has 0 saturated carbocycles. The van der Waals surface area contributed by atoms with Crippen LogP contribution in [0.5, 0.6) is 0 Å². The normalized spacial score (nSPS) is 11.6. The maximum Gasteiger partial charge on any atom is 0.330 e. The van der Waals surface area contributed by atoms with Gasteiger partial charge in [0, 0.05) is 12.2 Å². The Hall–Kier alpha value is -2.36. The standard InChI is InChI=1S/C48H82O4/c1-3-5-7-9-11-13-15-17-19-21-23-25-27-29-31-33-43-51-47(49)41-39-45-35-37-46(38-36-45)40-42-48(50)52-44-34-32-30-28-26-24-22-20-18-16-14-12-10-8-6-4-2/h35-42H,3-34,43-44H2,1-2H3. The lowest BCUT2D eigenvalue weighted by Crippen LogP contribution is -2.02. The summed E-state index contributed by atoms with van der Waals surface area (Å²) in [6, 6.07) is 7.73. The first-order valence-corrected chi connectivity index (χ1v) is 22.5. The molecule has 1 aromatic rings. The molecule has 1 rings (SSSR count). The van der Waals surface area contributed by atoms with Crippen molar-refractivity contribution in [2.24, 2.45) is 0 Å². The van der Waals surface area contributed by atoms with Crippen LogP contribution in [0.25, 0.3) is 12.2 Å². The van der Waals surface area contributed by atoms with Gasteiger partial charge in [0.25, 0.3) is 0 Å². The minimum Gasteiger partial charge on any atom is -0.463 e. The molecule has 0 unspecified atom stereocenters. The molecule has 0 fully saturated rings. The second kappa shape index (κ2) is 38.4. The van der Waals surface area contributed by atoms with Crippen LogP contribution in [0.2, 0.25) is 0 Å². The number of hydrogen-bond donors (Lipinski definition) is 0. The van der Waals surface area contributed by atoms with Gasteiger partial charge in [0.15, 0.2) is 0 Å². The van der Waals surface area contributed by atoms with Crippen molar-refractivity contribution in [1.82, 2.24) is 0 Å². The van der Waals surface area contributed by atoms with Crippen molar-refractivity contribution in [2.75, 3.05) is 13.2 Å². The number of unbranched alkanes of at least 4 members (excludes halogenated alkanes) is 30. The van der Waals surface area contributed by atoms with Gasteiger partial charge in [-0.05, 0) is 36.1 Å². The second-order valence-corrected chi connectivity index (χ2v) is 15.3. The first kappa shape index (κ1) is 47.7. The van der Waals surface area contributed by atoms with Crippen molar-refractivity contribution in [3.05, 3.63) is 47.5 Å². The Labute approximate surface area is 322 Å². The van der Waals surface area contributed by atoms with E-state index < -0.39 is 0 Å². The van der Waals surface area contributed by atoms with Crippen LogP contribution in [0, 0.1) is 0 Å². The average Bonchev–Trinajstić information content (AvgIpc) is 3.16. The van der Waals surface area contributed by atoms with Gasteiger partial charge in [-0.2, -0.15) is 0 Å². The molecule has 4 nitrogen and oxygen atoms in total. The van der Waals surface area contributed by atoms with Gasteiger partial charge in [0.05, 0.1) is 13.2 Å². The van der Waals surface area contributed by atoms with E-state index in [4.69, 9.17) is 9.47 Å². The molecule has 0 amide bonds. The van der Waals surface area contributed by atoms with Crippen molar-refractivity contribution < 1.29 is 19.1 Å². The summed E-state index contributed by atoms with van der Waals surface area (Å²) >= 11 is 0. The van der Waals surface area contributed by atoms with Gasteiger partial charge in [-0.25, -0.2) is 9.59 Å². The maximum absolute atomic E-state index is 12.1. The molecule has 1 aromatic carbocycles. The molecule has 52 heavy (non-hydrogen) atoms. The molecule has 0 aromatic heterocycles. The Morgan fingerprint density at radius 1 is 0.365 bits per heavy atom. The SMILES string of the molecule is CCCCCCCCCCCCCCCCCCOC(=O)C=Cc1ccc(C=CC(=O)OCCCCCCCCCCCCCCCCCC)cc1. The number of hydrogen-bond acceptors (Lipinski definition) is 4. The van der Waals surface area contributed by atoms with Gasteiger partial charge in [-0.15, -0.1) is 0 Å². The third kappa shape index (κ3) is 33.5. The Morgan fingerprint density at radius 2 is 0.577 bits per heavy atom. The zero-order valence-electron chi connectivity index (χ0n) is 34.3. The molecular weight excluding hydrogens is 641 g/mol. The molecule has 0 aliphatic heterocycles. The zero-order chi connectivity index (χ0) is 37.4. The molecular formula is C48H82O4. The number of esters is 2. The summed E-state index contributed by atoms with van der Waals surface area (Å²) in [5.74, 6) is -0.589. The number of carbonyl (C=O) groups excluding carboxylic acids is 2. The second-order valence-electron chi connectivity index (χ2n) is 15.3. The summed E-state index contributed by atoms with van der Waals surface area (Å²) in [5.41, 5.74) is 1.84. The zero-order valence-corrected chi connectivity index (χ0v) is 34.3.